The Hall–Kier alpha value is -2.48. The van der Waals surface area contributed by atoms with Crippen LogP contribution in [0, 0.1) is 0 Å². The van der Waals surface area contributed by atoms with Gasteiger partial charge in [0, 0.05) is 25.0 Å². The molecule has 1 aliphatic rings. The van der Waals surface area contributed by atoms with E-state index in [0.29, 0.717) is 11.5 Å². The first-order valence-electron chi connectivity index (χ1n) is 6.18. The molecule has 0 spiro atoms. The van der Waals surface area contributed by atoms with Gasteiger partial charge in [-0.2, -0.15) is 5.10 Å². The van der Waals surface area contributed by atoms with Crippen LogP contribution in [0.15, 0.2) is 29.6 Å². The van der Waals surface area contributed by atoms with Gasteiger partial charge in [0.15, 0.2) is 11.5 Å². The minimum Gasteiger partial charge on any atom is -0.462 e. The van der Waals surface area contributed by atoms with Crippen LogP contribution in [-0.2, 0) is 9.53 Å². The number of carbonyl (C=O) groups excluding carboxylic acids is 1. The molecule has 1 atom stereocenters. The number of imidazole rings is 1. The standard InChI is InChI=1S/C12H13N5O3/c1-2-20-11(18)12(19)5-6-14-17(12)10-4-3-9-13-7-8-16(9)15-10/h3-4,6-8,19H,2,5H2,1H3. The van der Waals surface area contributed by atoms with Gasteiger partial charge in [0.2, 0.25) is 0 Å². The predicted molar refractivity (Wildman–Crippen MR) is 70.2 cm³/mol. The number of hydrogen-bond acceptors (Lipinski definition) is 7. The molecule has 0 saturated heterocycles. The van der Waals surface area contributed by atoms with E-state index in [1.807, 2.05) is 0 Å². The van der Waals surface area contributed by atoms with Gasteiger partial charge in [-0.15, -0.1) is 5.10 Å². The Morgan fingerprint density at radius 3 is 3.20 bits per heavy atom. The highest BCUT2D eigenvalue weighted by Crippen LogP contribution is 2.28. The van der Waals surface area contributed by atoms with E-state index in [4.69, 9.17) is 4.74 Å². The molecule has 0 aliphatic carbocycles. The van der Waals surface area contributed by atoms with Gasteiger partial charge in [0.1, 0.15) is 0 Å². The lowest BCUT2D eigenvalue weighted by molar-refractivity contribution is -0.163. The van der Waals surface area contributed by atoms with E-state index in [1.165, 1.54) is 10.7 Å². The molecule has 8 nitrogen and oxygen atoms in total. The van der Waals surface area contributed by atoms with Crippen molar-refractivity contribution in [3.8, 4) is 0 Å². The first-order valence-corrected chi connectivity index (χ1v) is 6.18. The van der Waals surface area contributed by atoms with E-state index in [9.17, 15) is 9.90 Å². The van der Waals surface area contributed by atoms with Gasteiger partial charge in [-0.1, -0.05) is 0 Å². The summed E-state index contributed by atoms with van der Waals surface area (Å²) in [4.78, 5) is 16.0. The molecule has 0 bridgehead atoms. The molecule has 104 valence electrons. The van der Waals surface area contributed by atoms with Crippen LogP contribution in [0.2, 0.25) is 0 Å². The number of aliphatic hydroxyl groups is 1. The second kappa shape index (κ2) is 4.57. The molecular weight excluding hydrogens is 262 g/mol. The van der Waals surface area contributed by atoms with Crippen LogP contribution in [0.3, 0.4) is 0 Å². The van der Waals surface area contributed by atoms with Crippen molar-refractivity contribution < 1.29 is 14.6 Å². The smallest absolute Gasteiger partial charge is 0.362 e. The third kappa shape index (κ3) is 1.81. The van der Waals surface area contributed by atoms with Crippen molar-refractivity contribution in [3.63, 3.8) is 0 Å². The maximum absolute atomic E-state index is 11.9. The van der Waals surface area contributed by atoms with Crippen molar-refractivity contribution in [2.24, 2.45) is 5.10 Å². The van der Waals surface area contributed by atoms with Gasteiger partial charge >= 0.3 is 5.97 Å². The van der Waals surface area contributed by atoms with E-state index < -0.39 is 11.7 Å². The maximum atomic E-state index is 11.9. The quantitative estimate of drug-likeness (QED) is 0.803. The van der Waals surface area contributed by atoms with Gasteiger partial charge in [0.25, 0.3) is 5.72 Å². The van der Waals surface area contributed by atoms with Crippen LogP contribution in [-0.4, -0.2) is 44.2 Å². The summed E-state index contributed by atoms with van der Waals surface area (Å²) in [6, 6.07) is 3.36. The highest BCUT2D eigenvalue weighted by molar-refractivity contribution is 5.89. The summed E-state index contributed by atoms with van der Waals surface area (Å²) in [6.07, 6.45) is 4.78. The molecule has 1 aliphatic heterocycles. The lowest BCUT2D eigenvalue weighted by atomic mass is 10.1. The number of aromatic nitrogens is 3. The first-order chi connectivity index (χ1) is 9.65. The highest BCUT2D eigenvalue weighted by atomic mass is 16.6. The summed E-state index contributed by atoms with van der Waals surface area (Å²) in [5.74, 6) is -0.412. The zero-order valence-corrected chi connectivity index (χ0v) is 10.8. The topological polar surface area (TPSA) is 92.3 Å². The zero-order valence-electron chi connectivity index (χ0n) is 10.8. The average Bonchev–Trinajstić information content (AvgIpc) is 3.05. The Labute approximate surface area is 114 Å². The normalized spacial score (nSPS) is 21.6. The van der Waals surface area contributed by atoms with Crippen LogP contribution in [0.1, 0.15) is 13.3 Å². The van der Waals surface area contributed by atoms with Crippen molar-refractivity contribution in [2.75, 3.05) is 11.6 Å². The van der Waals surface area contributed by atoms with E-state index in [-0.39, 0.29) is 13.0 Å². The molecule has 0 aromatic carbocycles. The van der Waals surface area contributed by atoms with Crippen molar-refractivity contribution in [3.05, 3.63) is 24.5 Å². The molecular formula is C12H13N5O3. The van der Waals surface area contributed by atoms with E-state index in [0.717, 1.165) is 5.01 Å². The summed E-state index contributed by atoms with van der Waals surface area (Å²) in [5.41, 5.74) is -1.19. The summed E-state index contributed by atoms with van der Waals surface area (Å²) in [7, 11) is 0. The van der Waals surface area contributed by atoms with Gasteiger partial charge in [0.05, 0.1) is 6.61 Å². The van der Waals surface area contributed by atoms with Crippen molar-refractivity contribution in [2.45, 2.75) is 19.1 Å². The number of nitrogens with zero attached hydrogens (tertiary/aromatic N) is 5. The van der Waals surface area contributed by atoms with Crippen molar-refractivity contribution >= 4 is 23.6 Å². The van der Waals surface area contributed by atoms with Crippen LogP contribution in [0.25, 0.3) is 5.65 Å². The fourth-order valence-electron chi connectivity index (χ4n) is 2.01. The predicted octanol–water partition coefficient (Wildman–Crippen LogP) is 0.177. The average molecular weight is 275 g/mol. The minimum atomic E-state index is -1.85. The number of carbonyl (C=O) groups is 1. The molecule has 0 radical (unpaired) electrons. The second-order valence-corrected chi connectivity index (χ2v) is 4.27. The number of hydrogen-bond donors (Lipinski definition) is 1. The second-order valence-electron chi connectivity index (χ2n) is 4.27. The molecule has 8 heteroatoms. The summed E-state index contributed by atoms with van der Waals surface area (Å²) < 4.78 is 6.43. The van der Waals surface area contributed by atoms with Gasteiger partial charge in [-0.05, 0) is 19.1 Å². The van der Waals surface area contributed by atoms with E-state index in [1.54, 1.807) is 31.5 Å². The number of rotatable bonds is 3. The van der Waals surface area contributed by atoms with Gasteiger partial charge in [-0.25, -0.2) is 19.3 Å². The monoisotopic (exact) mass is 275 g/mol. The molecule has 20 heavy (non-hydrogen) atoms. The lowest BCUT2D eigenvalue weighted by Gasteiger charge is -2.29. The lowest BCUT2D eigenvalue weighted by Crippen LogP contribution is -2.51. The molecule has 2 aromatic heterocycles. The molecule has 0 saturated carbocycles. The molecule has 3 heterocycles. The highest BCUT2D eigenvalue weighted by Gasteiger charge is 2.47. The number of anilines is 1. The van der Waals surface area contributed by atoms with Crippen LogP contribution in [0.4, 0.5) is 5.82 Å². The maximum Gasteiger partial charge on any atom is 0.362 e. The third-order valence-electron chi connectivity index (χ3n) is 2.98. The van der Waals surface area contributed by atoms with E-state index >= 15 is 0 Å². The van der Waals surface area contributed by atoms with E-state index in [2.05, 4.69) is 15.2 Å². The molecule has 0 fully saturated rings. The summed E-state index contributed by atoms with van der Waals surface area (Å²) >= 11 is 0. The molecule has 2 aromatic rings. The van der Waals surface area contributed by atoms with Crippen LogP contribution in [0.5, 0.6) is 0 Å². The third-order valence-corrected chi connectivity index (χ3v) is 2.98. The zero-order chi connectivity index (χ0) is 14.2. The van der Waals surface area contributed by atoms with Gasteiger partial charge in [-0.3, -0.25) is 0 Å². The summed E-state index contributed by atoms with van der Waals surface area (Å²) in [6.45, 7) is 1.86. The number of fused-ring (bicyclic) bond motifs is 1. The fraction of sp³-hybridized carbons (Fsp3) is 0.333. The first kappa shape index (κ1) is 12.5. The number of ether oxygens (including phenoxy) is 1. The van der Waals surface area contributed by atoms with Crippen LogP contribution >= 0.6 is 0 Å². The SMILES string of the molecule is CCOC(=O)C1(O)CC=NN1c1ccc2nccn2n1. The Balaban J connectivity index is 1.98. The summed E-state index contributed by atoms with van der Waals surface area (Å²) in [5, 5.41) is 19.9. The van der Waals surface area contributed by atoms with Crippen molar-refractivity contribution in [1.82, 2.24) is 14.6 Å². The van der Waals surface area contributed by atoms with Gasteiger partial charge < -0.3 is 9.84 Å². The molecule has 1 unspecified atom stereocenters. The molecule has 1 N–H and O–H groups in total. The number of hydrazone groups is 1. The Bertz CT molecular complexity index is 683. The minimum absolute atomic E-state index is 0.0511. The molecule has 0 amide bonds. The Kier molecular flexibility index (Phi) is 2.87. The largest absolute Gasteiger partial charge is 0.462 e. The van der Waals surface area contributed by atoms with Crippen molar-refractivity contribution in [1.29, 1.82) is 0 Å². The van der Waals surface area contributed by atoms with Crippen LogP contribution < -0.4 is 5.01 Å². The Morgan fingerprint density at radius 2 is 2.40 bits per heavy atom. The Morgan fingerprint density at radius 1 is 1.55 bits per heavy atom. The fourth-order valence-corrected chi connectivity index (χ4v) is 2.01. The number of esters is 1. The molecule has 3 rings (SSSR count).